The van der Waals surface area contributed by atoms with E-state index >= 15 is 0 Å². The number of benzene rings is 5. The van der Waals surface area contributed by atoms with Crippen LogP contribution < -0.4 is 48.9 Å². The molecule has 8 aliphatic rings. The number of carbonyl (C=O) groups is 3. The van der Waals surface area contributed by atoms with Crippen molar-refractivity contribution >= 4 is 17.8 Å². The number of piperazine rings is 2. The highest BCUT2D eigenvalue weighted by Crippen LogP contribution is 2.61. The number of nitrogens with two attached hydrogens (primary N) is 1. The zero-order chi connectivity index (χ0) is 60.2. The number of fused-ring (bicyclic) bond motifs is 18. The van der Waals surface area contributed by atoms with E-state index in [2.05, 4.69) is 49.2 Å². The quantitative estimate of drug-likeness (QED) is 0.0945. The van der Waals surface area contributed by atoms with Crippen molar-refractivity contribution in [1.29, 1.82) is 10.5 Å². The second kappa shape index (κ2) is 22.0. The summed E-state index contributed by atoms with van der Waals surface area (Å²) in [6.45, 7) is 10.7. The van der Waals surface area contributed by atoms with E-state index in [4.69, 9.17) is 43.6 Å². The number of carbonyl (C=O) groups excluding carboxylic acids is 3. The van der Waals surface area contributed by atoms with Crippen LogP contribution in [-0.4, -0.2) is 139 Å². The number of aryl methyl sites for hydroxylation is 2. The zero-order valence-electron chi connectivity index (χ0n) is 49.3. The Hall–Kier alpha value is -8.31. The minimum atomic E-state index is -0.570. The van der Waals surface area contributed by atoms with E-state index < -0.39 is 30.1 Å². The van der Waals surface area contributed by atoms with Crippen molar-refractivity contribution in [2.75, 3.05) is 55.0 Å². The summed E-state index contributed by atoms with van der Waals surface area (Å²) >= 11 is 0. The molecule has 8 aliphatic heterocycles. The number of rotatable bonds is 9. The van der Waals surface area contributed by atoms with E-state index in [1.807, 2.05) is 72.1 Å². The predicted octanol–water partition coefficient (Wildman–Crippen LogP) is 6.20. The van der Waals surface area contributed by atoms with E-state index in [1.54, 1.807) is 14.2 Å². The molecule has 5 aromatic carbocycles. The molecule has 10 atom stereocenters. The summed E-state index contributed by atoms with van der Waals surface area (Å²) in [5.74, 6) is 3.06. The molecule has 0 saturated carbocycles. The molecule has 21 nitrogen and oxygen atoms in total. The molecule has 2 unspecified atom stereocenters. The Morgan fingerprint density at radius 3 is 1.49 bits per heavy atom. The number of phenolic OH excluding ortho intramolecular Hbond substituents is 2. The number of methoxy groups -OCH3 is 2. The molecule has 1 amide bonds. The molecule has 0 aliphatic carbocycles. The number of nitriles is 2. The number of hydrogen-bond donors (Lipinski definition) is 4. The van der Waals surface area contributed by atoms with E-state index in [-0.39, 0.29) is 92.8 Å². The van der Waals surface area contributed by atoms with E-state index in [1.165, 1.54) is 13.8 Å². The third-order valence-electron chi connectivity index (χ3n) is 18.9. The van der Waals surface area contributed by atoms with Crippen LogP contribution in [0.15, 0.2) is 42.5 Å². The van der Waals surface area contributed by atoms with Gasteiger partial charge in [0, 0.05) is 95.6 Å². The average molecular weight is 1160 g/mol. The molecule has 5 N–H and O–H groups in total. The van der Waals surface area contributed by atoms with Crippen LogP contribution in [0.4, 0.5) is 0 Å². The summed E-state index contributed by atoms with van der Waals surface area (Å²) in [6, 6.07) is 15.4. The monoisotopic (exact) mass is 1160 g/mol. The smallest absolute Gasteiger partial charge is 0.308 e. The lowest BCUT2D eigenvalue weighted by atomic mass is 9.71. The van der Waals surface area contributed by atoms with Gasteiger partial charge in [0.25, 0.3) is 0 Å². The van der Waals surface area contributed by atoms with Crippen molar-refractivity contribution in [1.82, 2.24) is 24.9 Å². The minimum Gasteiger partial charge on any atom is -0.504 e. The molecule has 0 spiro atoms. The summed E-state index contributed by atoms with van der Waals surface area (Å²) in [5.41, 5.74) is 17.1. The highest BCUT2D eigenvalue weighted by atomic mass is 16.7. The number of phenols is 2. The van der Waals surface area contributed by atoms with Gasteiger partial charge in [-0.1, -0.05) is 42.5 Å². The Labute approximate surface area is 493 Å². The van der Waals surface area contributed by atoms with Gasteiger partial charge < -0.3 is 59.2 Å². The number of likely N-dealkylation sites (N-methyl/N-ethyl adjacent to an activating group) is 2. The molecule has 2 fully saturated rings. The molecule has 444 valence electrons. The molecule has 85 heavy (non-hydrogen) atoms. The van der Waals surface area contributed by atoms with E-state index in [9.17, 15) is 35.1 Å². The zero-order valence-corrected chi connectivity index (χ0v) is 49.3. The molecular formula is C64H70N8O13. The first-order valence-electron chi connectivity index (χ1n) is 28.7. The second-order valence-corrected chi connectivity index (χ2v) is 23.4. The number of esters is 2. The molecule has 21 heteroatoms. The van der Waals surface area contributed by atoms with Crippen molar-refractivity contribution in [2.45, 2.75) is 134 Å². The fraction of sp³-hybridized carbons (Fsp3) is 0.453. The molecule has 5 aromatic rings. The Morgan fingerprint density at radius 1 is 0.635 bits per heavy atom. The van der Waals surface area contributed by atoms with Gasteiger partial charge in [-0.2, -0.15) is 10.5 Å². The second-order valence-electron chi connectivity index (χ2n) is 23.4. The third-order valence-corrected chi connectivity index (χ3v) is 18.9. The third kappa shape index (κ3) is 8.92. The van der Waals surface area contributed by atoms with Crippen LogP contribution >= 0.6 is 0 Å². The van der Waals surface area contributed by atoms with Crippen molar-refractivity contribution in [2.24, 2.45) is 5.73 Å². The van der Waals surface area contributed by atoms with Crippen molar-refractivity contribution in [3.05, 3.63) is 115 Å². The lowest BCUT2D eigenvalue weighted by Crippen LogP contribution is -2.68. The van der Waals surface area contributed by atoms with E-state index in [0.717, 1.165) is 61.2 Å². The highest BCUT2D eigenvalue weighted by molar-refractivity contribution is 5.79. The Balaban J connectivity index is 0.000000171. The molecule has 0 aromatic heterocycles. The van der Waals surface area contributed by atoms with Crippen LogP contribution in [0.3, 0.4) is 0 Å². The van der Waals surface area contributed by atoms with Crippen LogP contribution in [-0.2, 0) is 46.5 Å². The topological polar surface area (TPSA) is 264 Å². The van der Waals surface area contributed by atoms with Crippen LogP contribution in [0, 0.1) is 50.4 Å². The summed E-state index contributed by atoms with van der Waals surface area (Å²) in [7, 11) is 7.11. The van der Waals surface area contributed by atoms with Gasteiger partial charge in [-0.3, -0.25) is 34.0 Å². The largest absolute Gasteiger partial charge is 0.504 e. The Morgan fingerprint density at radius 2 is 1.07 bits per heavy atom. The van der Waals surface area contributed by atoms with Gasteiger partial charge in [-0.05, 0) is 95.3 Å². The molecule has 2 saturated heterocycles. The molecule has 0 radical (unpaired) electrons. The summed E-state index contributed by atoms with van der Waals surface area (Å²) in [6.07, 6.45) is 2.20. The first-order chi connectivity index (χ1) is 40.9. The highest BCUT2D eigenvalue weighted by Gasteiger charge is 2.59. The number of amides is 1. The number of hydrogen-bond acceptors (Lipinski definition) is 20. The number of ether oxygens (including phenoxy) is 8. The Bertz CT molecular complexity index is 3690. The van der Waals surface area contributed by atoms with Crippen LogP contribution in [0.1, 0.15) is 110 Å². The molecule has 13 rings (SSSR count). The predicted molar refractivity (Wildman–Crippen MR) is 307 cm³/mol. The Kier molecular flexibility index (Phi) is 14.8. The fourth-order valence-electron chi connectivity index (χ4n) is 15.7. The maximum Gasteiger partial charge on any atom is 0.308 e. The van der Waals surface area contributed by atoms with Gasteiger partial charge in [0.2, 0.25) is 19.5 Å². The summed E-state index contributed by atoms with van der Waals surface area (Å²) in [5, 5.41) is 47.6. The van der Waals surface area contributed by atoms with Crippen molar-refractivity contribution in [3.8, 4) is 69.6 Å². The first kappa shape index (κ1) is 57.1. The van der Waals surface area contributed by atoms with E-state index in [0.29, 0.717) is 82.8 Å². The number of aromatic hydroxyl groups is 2. The SMILES string of the molecule is COc1c(C)cc2c(c1O)[C@@H]1C3Cc4c(OC(C)=O)c(C)c5c(c4[C@H](CN)N3[C@@H](C#N)[C@H](C2)N1C)OCO5.COc1c(C)cc2c(c1O)[C@@H]1C3Cc4c(OC(C)=O)c(C)c5c(c4[C@H](CNC(=O)Cc4ccccc4)N3[C@@H](C#N)[C@H](C2)N1C)OCO5. The van der Waals surface area contributed by atoms with Crippen molar-refractivity contribution in [3.63, 3.8) is 0 Å². The number of nitrogens with one attached hydrogen (secondary N) is 1. The minimum absolute atomic E-state index is 0.00128. The molecule has 4 bridgehead atoms. The fourth-order valence-corrected chi connectivity index (χ4v) is 15.7. The first-order valence-corrected chi connectivity index (χ1v) is 28.7. The summed E-state index contributed by atoms with van der Waals surface area (Å²) < 4.78 is 46.7. The lowest BCUT2D eigenvalue weighted by Gasteiger charge is -2.60. The van der Waals surface area contributed by atoms with Gasteiger partial charge in [-0.15, -0.1) is 0 Å². The van der Waals surface area contributed by atoms with Gasteiger partial charge in [-0.25, -0.2) is 0 Å². The molecular weight excluding hydrogens is 1090 g/mol. The van der Waals surface area contributed by atoms with Crippen LogP contribution in [0.5, 0.6) is 57.5 Å². The maximum absolute atomic E-state index is 13.4. The normalized spacial score (nSPS) is 25.4. The lowest BCUT2D eigenvalue weighted by molar-refractivity contribution is -0.133. The van der Waals surface area contributed by atoms with Crippen LogP contribution in [0.2, 0.25) is 0 Å². The van der Waals surface area contributed by atoms with Crippen LogP contribution in [0.25, 0.3) is 0 Å². The van der Waals surface area contributed by atoms with Crippen molar-refractivity contribution < 1.29 is 62.5 Å². The standard InChI is InChI=1S/C36H38N4O7.C28H32N4O6/c1-18-11-22-13-24-26(15-37)40-25(31(39(24)4)29(22)32(43)33(18)44-5)14-23-30(27(40)16-38-28(42)12-21-9-7-6-8-10-21)36-35(45-17-46-36)19(2)34(23)47-20(3)41;1-12-6-15-7-17-19(9-29)32-18(23(31(17)4)21(15)24(34)25(12)35-5)8-16-22(20(32)10-30)28-27(36-11-37-28)13(2)26(16)38-14(3)33/h6-11,24-27,31,43H,12-14,16-17H2,1-5H3,(H,38,42);6,17-20,23,34H,7-8,10-11,30H2,1-5H3/t24-,25?,26-,27-,31-;17-,18?,19-,20-,23-/m00/s1. The van der Waals surface area contributed by atoms with Gasteiger partial charge in [0.1, 0.15) is 23.6 Å². The summed E-state index contributed by atoms with van der Waals surface area (Å²) in [4.78, 5) is 46.8. The van der Waals surface area contributed by atoms with Gasteiger partial charge in [0.15, 0.2) is 46.0 Å². The van der Waals surface area contributed by atoms with Gasteiger partial charge in [0.05, 0.1) is 56.9 Å². The number of nitrogens with zero attached hydrogens (tertiary/aromatic N) is 6. The maximum atomic E-state index is 13.4. The van der Waals surface area contributed by atoms with Gasteiger partial charge >= 0.3 is 11.9 Å². The average Bonchev–Trinajstić information content (AvgIpc) is 1.44. The molecule has 8 heterocycles.